The fourth-order valence-corrected chi connectivity index (χ4v) is 2.29. The zero-order valence-electron chi connectivity index (χ0n) is 6.13. The molecule has 0 spiro atoms. The lowest BCUT2D eigenvalue weighted by atomic mass is 10.2. The third-order valence-corrected chi connectivity index (χ3v) is 3.07. The summed E-state index contributed by atoms with van der Waals surface area (Å²) in [5.74, 6) is 2.31. The van der Waals surface area contributed by atoms with Crippen molar-refractivity contribution in [3.63, 3.8) is 0 Å². The molecule has 0 aromatic rings. The molecule has 0 amide bonds. The molecule has 1 aliphatic rings. The quantitative estimate of drug-likeness (QED) is 0.589. The highest BCUT2D eigenvalue weighted by atomic mass is 35.5. The minimum Gasteiger partial charge on any atom is -0.316 e. The highest BCUT2D eigenvalue weighted by molar-refractivity contribution is 7.85. The average molecular weight is 184 g/mol. The Morgan fingerprint density at radius 1 is 1.60 bits per heavy atom. The van der Waals surface area contributed by atoms with E-state index >= 15 is 0 Å². The summed E-state index contributed by atoms with van der Waals surface area (Å²) < 4.78 is 11.0. The molecular formula is C6H14ClNOS. The molecule has 2 atom stereocenters. The molecule has 1 N–H and O–H groups in total. The molecule has 10 heavy (non-hydrogen) atoms. The molecule has 4 heteroatoms. The zero-order chi connectivity index (χ0) is 6.69. The molecule has 0 saturated carbocycles. The van der Waals surface area contributed by atoms with E-state index in [0.717, 1.165) is 24.6 Å². The lowest BCUT2D eigenvalue weighted by molar-refractivity contribution is 0.584. The molecule has 0 aromatic carbocycles. The standard InChI is InChI=1S/C6H13NOS.ClH/c1-6-4-7-2-3-9(8)5-6;/h6-7H,2-5H2,1H3;1H. The second-order valence-corrected chi connectivity index (χ2v) is 4.24. The van der Waals surface area contributed by atoms with Crippen LogP contribution < -0.4 is 5.32 Å². The van der Waals surface area contributed by atoms with E-state index in [4.69, 9.17) is 0 Å². The van der Waals surface area contributed by atoms with Crippen LogP contribution in [0.5, 0.6) is 0 Å². The first-order valence-corrected chi connectivity index (χ1v) is 4.83. The third kappa shape index (κ3) is 3.54. The molecule has 0 aliphatic carbocycles. The SMILES string of the molecule is CC1CNCCS(=O)C1.Cl. The normalized spacial score (nSPS) is 34.1. The molecule has 1 rings (SSSR count). The van der Waals surface area contributed by atoms with Gasteiger partial charge in [0.15, 0.2) is 0 Å². The Hall–Kier alpha value is 0.400. The Morgan fingerprint density at radius 2 is 2.30 bits per heavy atom. The molecular weight excluding hydrogens is 170 g/mol. The molecule has 1 saturated heterocycles. The van der Waals surface area contributed by atoms with Gasteiger partial charge in [0.05, 0.1) is 0 Å². The van der Waals surface area contributed by atoms with Gasteiger partial charge in [-0.25, -0.2) is 0 Å². The van der Waals surface area contributed by atoms with E-state index < -0.39 is 10.8 Å². The van der Waals surface area contributed by atoms with Crippen LogP contribution in [0.4, 0.5) is 0 Å². The minimum atomic E-state index is -0.550. The van der Waals surface area contributed by atoms with Crippen LogP contribution in [0.3, 0.4) is 0 Å². The van der Waals surface area contributed by atoms with Crippen LogP contribution in [-0.4, -0.2) is 28.8 Å². The summed E-state index contributed by atoms with van der Waals surface area (Å²) in [6.07, 6.45) is 0. The number of hydrogen-bond donors (Lipinski definition) is 1. The summed E-state index contributed by atoms with van der Waals surface area (Å²) in [6, 6.07) is 0. The Morgan fingerprint density at radius 3 is 3.00 bits per heavy atom. The largest absolute Gasteiger partial charge is 0.316 e. The van der Waals surface area contributed by atoms with Crippen molar-refractivity contribution in [3.8, 4) is 0 Å². The number of rotatable bonds is 0. The van der Waals surface area contributed by atoms with E-state index in [2.05, 4.69) is 12.2 Å². The Balaban J connectivity index is 0.000000810. The van der Waals surface area contributed by atoms with E-state index in [0.29, 0.717) is 5.92 Å². The number of halogens is 1. The van der Waals surface area contributed by atoms with Crippen molar-refractivity contribution in [2.45, 2.75) is 6.92 Å². The van der Waals surface area contributed by atoms with Crippen molar-refractivity contribution in [2.24, 2.45) is 5.92 Å². The third-order valence-electron chi connectivity index (χ3n) is 1.47. The summed E-state index contributed by atoms with van der Waals surface area (Å²) in [6.45, 7) is 4.10. The maximum Gasteiger partial charge on any atom is 0.0360 e. The fraction of sp³-hybridized carbons (Fsp3) is 1.00. The molecule has 0 bridgehead atoms. The van der Waals surface area contributed by atoms with Gasteiger partial charge in [0.1, 0.15) is 0 Å². The van der Waals surface area contributed by atoms with Crippen LogP contribution in [-0.2, 0) is 10.8 Å². The predicted octanol–water partition coefficient (Wildman–Crippen LogP) is 0.396. The monoisotopic (exact) mass is 183 g/mol. The first-order chi connectivity index (χ1) is 4.29. The lowest BCUT2D eigenvalue weighted by Gasteiger charge is -2.03. The molecule has 0 aromatic heterocycles. The van der Waals surface area contributed by atoms with Gasteiger partial charge in [0.25, 0.3) is 0 Å². The molecule has 62 valence electrons. The predicted molar refractivity (Wildman–Crippen MR) is 47.2 cm³/mol. The van der Waals surface area contributed by atoms with Gasteiger partial charge < -0.3 is 5.32 Å². The topological polar surface area (TPSA) is 29.1 Å². The van der Waals surface area contributed by atoms with Crippen molar-refractivity contribution in [1.29, 1.82) is 0 Å². The maximum absolute atomic E-state index is 11.0. The van der Waals surface area contributed by atoms with Crippen molar-refractivity contribution >= 4 is 23.2 Å². The van der Waals surface area contributed by atoms with E-state index in [-0.39, 0.29) is 12.4 Å². The number of hydrogen-bond acceptors (Lipinski definition) is 2. The lowest BCUT2D eigenvalue weighted by Crippen LogP contribution is -2.20. The van der Waals surface area contributed by atoms with Crippen LogP contribution in [0.1, 0.15) is 6.92 Å². The van der Waals surface area contributed by atoms with E-state index in [9.17, 15) is 4.21 Å². The highest BCUT2D eigenvalue weighted by Crippen LogP contribution is 1.99. The van der Waals surface area contributed by atoms with Crippen LogP contribution in [0, 0.1) is 5.92 Å². The van der Waals surface area contributed by atoms with Gasteiger partial charge in [-0.3, -0.25) is 4.21 Å². The molecule has 1 aliphatic heterocycles. The maximum atomic E-state index is 11.0. The van der Waals surface area contributed by atoms with Crippen LogP contribution in [0.25, 0.3) is 0 Å². The van der Waals surface area contributed by atoms with E-state index in [1.54, 1.807) is 0 Å². The van der Waals surface area contributed by atoms with Crippen molar-refractivity contribution in [2.75, 3.05) is 24.6 Å². The summed E-state index contributed by atoms with van der Waals surface area (Å²) in [4.78, 5) is 0. The van der Waals surface area contributed by atoms with Crippen LogP contribution >= 0.6 is 12.4 Å². The highest BCUT2D eigenvalue weighted by Gasteiger charge is 2.10. The van der Waals surface area contributed by atoms with Crippen molar-refractivity contribution < 1.29 is 4.21 Å². The second kappa shape index (κ2) is 5.10. The van der Waals surface area contributed by atoms with Crippen LogP contribution in [0.15, 0.2) is 0 Å². The van der Waals surface area contributed by atoms with Gasteiger partial charge in [-0.05, 0) is 12.5 Å². The summed E-state index contributed by atoms with van der Waals surface area (Å²) in [5, 5.41) is 3.23. The van der Waals surface area contributed by atoms with Gasteiger partial charge >= 0.3 is 0 Å². The van der Waals surface area contributed by atoms with Gasteiger partial charge in [0.2, 0.25) is 0 Å². The average Bonchev–Trinajstić information content (AvgIpc) is 1.93. The zero-order valence-corrected chi connectivity index (χ0v) is 7.76. The summed E-state index contributed by atoms with van der Waals surface area (Å²) in [7, 11) is -0.550. The van der Waals surface area contributed by atoms with E-state index in [1.165, 1.54) is 0 Å². The fourth-order valence-electron chi connectivity index (χ4n) is 0.994. The Kier molecular flexibility index (Phi) is 5.31. The first kappa shape index (κ1) is 10.4. The number of nitrogens with one attached hydrogen (secondary N) is 1. The summed E-state index contributed by atoms with van der Waals surface area (Å²) >= 11 is 0. The summed E-state index contributed by atoms with van der Waals surface area (Å²) in [5.41, 5.74) is 0. The molecule has 0 radical (unpaired) electrons. The van der Waals surface area contributed by atoms with Crippen molar-refractivity contribution in [3.05, 3.63) is 0 Å². The smallest absolute Gasteiger partial charge is 0.0360 e. The molecule has 1 heterocycles. The Bertz CT molecular complexity index is 120. The molecule has 2 nitrogen and oxygen atoms in total. The van der Waals surface area contributed by atoms with Gasteiger partial charge in [-0.15, -0.1) is 12.4 Å². The van der Waals surface area contributed by atoms with Gasteiger partial charge in [-0.2, -0.15) is 0 Å². The second-order valence-electron chi connectivity index (χ2n) is 2.62. The van der Waals surface area contributed by atoms with Crippen molar-refractivity contribution in [1.82, 2.24) is 5.32 Å². The first-order valence-electron chi connectivity index (χ1n) is 3.34. The molecule has 1 fully saturated rings. The van der Waals surface area contributed by atoms with Crippen LogP contribution in [0.2, 0.25) is 0 Å². The molecule has 2 unspecified atom stereocenters. The van der Waals surface area contributed by atoms with Gasteiger partial charge in [-0.1, -0.05) is 6.92 Å². The Labute approximate surface area is 70.6 Å². The minimum absolute atomic E-state index is 0. The van der Waals surface area contributed by atoms with Gasteiger partial charge in [0, 0.05) is 28.9 Å². The van der Waals surface area contributed by atoms with E-state index in [1.807, 2.05) is 0 Å².